The molecule has 1 heterocycles. The van der Waals surface area contributed by atoms with Crippen molar-refractivity contribution >= 4 is 23.6 Å². The fraction of sp³-hybridized carbons (Fsp3) is 0.130. The van der Waals surface area contributed by atoms with Crippen molar-refractivity contribution in [2.24, 2.45) is 0 Å². The third-order valence-electron chi connectivity index (χ3n) is 4.47. The smallest absolute Gasteiger partial charge is 0.416 e. The maximum atomic E-state index is 13.0. The normalized spacial score (nSPS) is 11.0. The molecule has 3 aromatic rings. The van der Waals surface area contributed by atoms with Crippen molar-refractivity contribution in [1.29, 1.82) is 5.26 Å². The van der Waals surface area contributed by atoms with E-state index in [9.17, 15) is 28.0 Å². The van der Waals surface area contributed by atoms with Crippen molar-refractivity contribution in [3.63, 3.8) is 0 Å². The zero-order valence-electron chi connectivity index (χ0n) is 16.9. The summed E-state index contributed by atoms with van der Waals surface area (Å²) in [6, 6.07) is 17.1. The number of thioether (sulfide) groups is 1. The maximum absolute atomic E-state index is 13.0. The summed E-state index contributed by atoms with van der Waals surface area (Å²) in [7, 11) is 0. The molecule has 0 unspecified atom stereocenters. The molecule has 0 radical (unpaired) electrons. The zero-order chi connectivity index (χ0) is 24.0. The van der Waals surface area contributed by atoms with E-state index in [-0.39, 0.29) is 16.3 Å². The van der Waals surface area contributed by atoms with Crippen molar-refractivity contribution in [2.45, 2.75) is 11.2 Å². The molecule has 0 aliphatic rings. The number of aliphatic carboxylic acids is 1. The van der Waals surface area contributed by atoms with Crippen LogP contribution in [0, 0.1) is 11.3 Å². The summed E-state index contributed by atoms with van der Waals surface area (Å²) >= 11 is 0.938. The van der Waals surface area contributed by atoms with Crippen LogP contribution in [-0.4, -0.2) is 34.3 Å². The number of carbonyl (C=O) groups excluding carboxylic acids is 1. The number of carboxylic acids is 1. The number of benzene rings is 2. The van der Waals surface area contributed by atoms with Crippen LogP contribution in [-0.2, 0) is 15.8 Å². The first-order valence-electron chi connectivity index (χ1n) is 9.48. The van der Waals surface area contributed by atoms with Crippen LogP contribution in [0.15, 0.2) is 65.7 Å². The van der Waals surface area contributed by atoms with E-state index in [0.29, 0.717) is 22.4 Å². The highest BCUT2D eigenvalue weighted by Gasteiger charge is 2.30. The summed E-state index contributed by atoms with van der Waals surface area (Å²) in [4.78, 5) is 27.1. The summed E-state index contributed by atoms with van der Waals surface area (Å²) in [5, 5.41) is 20.9. The lowest BCUT2D eigenvalue weighted by atomic mass is 9.98. The van der Waals surface area contributed by atoms with Gasteiger partial charge in [0, 0.05) is 11.1 Å². The molecule has 2 aromatic carbocycles. The van der Waals surface area contributed by atoms with E-state index < -0.39 is 30.2 Å². The highest BCUT2D eigenvalue weighted by molar-refractivity contribution is 8.00. The molecule has 0 saturated heterocycles. The number of halogens is 3. The number of aromatic nitrogens is 1. The second-order valence-corrected chi connectivity index (χ2v) is 7.71. The molecule has 2 N–H and O–H groups in total. The number of pyridine rings is 1. The van der Waals surface area contributed by atoms with Gasteiger partial charge in [0.2, 0.25) is 5.91 Å². The number of hydrogen-bond acceptors (Lipinski definition) is 5. The second kappa shape index (κ2) is 10.2. The maximum Gasteiger partial charge on any atom is 0.416 e. The summed E-state index contributed by atoms with van der Waals surface area (Å²) in [5.74, 6) is -1.95. The van der Waals surface area contributed by atoms with Crippen LogP contribution in [0.5, 0.6) is 0 Å². The van der Waals surface area contributed by atoms with Gasteiger partial charge in [-0.15, -0.1) is 0 Å². The van der Waals surface area contributed by atoms with Crippen molar-refractivity contribution in [2.75, 3.05) is 12.3 Å². The van der Waals surface area contributed by atoms with Crippen molar-refractivity contribution < 1.29 is 27.9 Å². The van der Waals surface area contributed by atoms with Crippen molar-refractivity contribution in [1.82, 2.24) is 10.3 Å². The molecule has 6 nitrogen and oxygen atoms in total. The Morgan fingerprint density at radius 2 is 1.73 bits per heavy atom. The highest BCUT2D eigenvalue weighted by atomic mass is 32.2. The summed E-state index contributed by atoms with van der Waals surface area (Å²) in [6.07, 6.45) is -4.49. The van der Waals surface area contributed by atoms with E-state index in [1.165, 1.54) is 12.1 Å². The van der Waals surface area contributed by atoms with Gasteiger partial charge in [0.25, 0.3) is 0 Å². The number of rotatable bonds is 7. The van der Waals surface area contributed by atoms with Gasteiger partial charge in [-0.1, -0.05) is 54.2 Å². The van der Waals surface area contributed by atoms with Crippen LogP contribution in [0.25, 0.3) is 22.4 Å². The monoisotopic (exact) mass is 471 g/mol. The van der Waals surface area contributed by atoms with Crippen LogP contribution in [0.2, 0.25) is 0 Å². The Morgan fingerprint density at radius 3 is 2.30 bits per heavy atom. The number of nitriles is 1. The minimum atomic E-state index is -4.49. The molecule has 0 aliphatic carbocycles. The molecule has 0 fully saturated rings. The van der Waals surface area contributed by atoms with Gasteiger partial charge in [-0.2, -0.15) is 18.4 Å². The number of carbonyl (C=O) groups is 2. The third kappa shape index (κ3) is 6.11. The third-order valence-corrected chi connectivity index (χ3v) is 5.44. The SMILES string of the molecule is N#Cc1c(-c2ccc(C(F)(F)F)cc2)cc(-c2ccccc2)nc1SCC(=O)NCC(=O)O. The Bertz CT molecular complexity index is 1210. The Balaban J connectivity index is 2.04. The second-order valence-electron chi connectivity index (χ2n) is 6.75. The number of nitrogens with zero attached hydrogens (tertiary/aromatic N) is 2. The molecular formula is C23H16F3N3O3S. The summed E-state index contributed by atoms with van der Waals surface area (Å²) in [6.45, 7) is -0.543. The van der Waals surface area contributed by atoms with Gasteiger partial charge in [0.05, 0.1) is 22.6 Å². The minimum absolute atomic E-state index is 0.102. The lowest BCUT2D eigenvalue weighted by molar-refractivity contribution is -0.138. The Labute approximate surface area is 191 Å². The molecule has 0 atom stereocenters. The standard InChI is InChI=1S/C23H16F3N3O3S/c24-23(25,26)16-8-6-14(7-9-16)17-10-19(15-4-2-1-3-5-15)29-22(18(17)11-27)33-13-20(30)28-12-21(31)32/h1-10H,12-13H2,(H,28,30)(H,31,32). The fourth-order valence-electron chi connectivity index (χ4n) is 2.92. The lowest BCUT2D eigenvalue weighted by Gasteiger charge is -2.13. The average molecular weight is 471 g/mol. The van der Waals surface area contributed by atoms with Gasteiger partial charge in [-0.25, -0.2) is 4.98 Å². The number of nitrogens with one attached hydrogen (secondary N) is 1. The lowest BCUT2D eigenvalue weighted by Crippen LogP contribution is -2.30. The molecule has 0 saturated carbocycles. The Hall–Kier alpha value is -3.84. The molecule has 0 aliphatic heterocycles. The van der Waals surface area contributed by atoms with Crippen LogP contribution in [0.3, 0.4) is 0 Å². The van der Waals surface area contributed by atoms with Gasteiger partial charge in [0.15, 0.2) is 0 Å². The number of carboxylic acid groups (broad SMARTS) is 1. The minimum Gasteiger partial charge on any atom is -0.480 e. The largest absolute Gasteiger partial charge is 0.480 e. The van der Waals surface area contributed by atoms with E-state index in [2.05, 4.69) is 10.3 Å². The highest BCUT2D eigenvalue weighted by Crippen LogP contribution is 2.36. The molecule has 0 bridgehead atoms. The first-order chi connectivity index (χ1) is 15.7. The molecule has 0 spiro atoms. The van der Waals surface area contributed by atoms with Crippen molar-refractivity contribution in [3.05, 3.63) is 71.8 Å². The van der Waals surface area contributed by atoms with Gasteiger partial charge in [-0.05, 0) is 23.8 Å². The first kappa shape index (κ1) is 23.8. The summed E-state index contributed by atoms with van der Waals surface area (Å²) in [5.41, 5.74) is 1.23. The Morgan fingerprint density at radius 1 is 1.06 bits per heavy atom. The number of alkyl halides is 3. The van der Waals surface area contributed by atoms with Gasteiger partial charge in [0.1, 0.15) is 17.6 Å². The van der Waals surface area contributed by atoms with Crippen molar-refractivity contribution in [3.8, 4) is 28.5 Å². The molecule has 33 heavy (non-hydrogen) atoms. The van der Waals surface area contributed by atoms with E-state index in [4.69, 9.17) is 5.11 Å². The predicted molar refractivity (Wildman–Crippen MR) is 116 cm³/mol. The van der Waals surface area contributed by atoms with Gasteiger partial charge >= 0.3 is 12.1 Å². The van der Waals surface area contributed by atoms with Gasteiger partial charge < -0.3 is 10.4 Å². The van der Waals surface area contributed by atoms with Crippen LogP contribution in [0.4, 0.5) is 13.2 Å². The molecule has 1 amide bonds. The fourth-order valence-corrected chi connectivity index (χ4v) is 3.75. The quantitative estimate of drug-likeness (QED) is 0.489. The predicted octanol–water partition coefficient (Wildman–Crippen LogP) is 4.60. The van der Waals surface area contributed by atoms with E-state index >= 15 is 0 Å². The van der Waals surface area contributed by atoms with Gasteiger partial charge in [-0.3, -0.25) is 9.59 Å². The van der Waals surface area contributed by atoms with Crippen LogP contribution < -0.4 is 5.32 Å². The molecule has 168 valence electrons. The number of amides is 1. The topological polar surface area (TPSA) is 103 Å². The Kier molecular flexibility index (Phi) is 7.35. The van der Waals surface area contributed by atoms with Crippen LogP contribution >= 0.6 is 11.8 Å². The number of hydrogen-bond donors (Lipinski definition) is 2. The first-order valence-corrected chi connectivity index (χ1v) is 10.5. The van der Waals surface area contributed by atoms with E-state index in [1.807, 2.05) is 12.1 Å². The average Bonchev–Trinajstić information content (AvgIpc) is 2.80. The zero-order valence-corrected chi connectivity index (χ0v) is 17.7. The van der Waals surface area contributed by atoms with E-state index in [1.54, 1.807) is 30.3 Å². The molecular weight excluding hydrogens is 455 g/mol. The molecule has 10 heteroatoms. The molecule has 1 aromatic heterocycles. The molecule has 3 rings (SSSR count). The van der Waals surface area contributed by atoms with E-state index in [0.717, 1.165) is 23.9 Å². The summed E-state index contributed by atoms with van der Waals surface area (Å²) < 4.78 is 38.9. The van der Waals surface area contributed by atoms with Crippen LogP contribution in [0.1, 0.15) is 11.1 Å².